The van der Waals surface area contributed by atoms with E-state index < -0.39 is 0 Å². The molecule has 4 heteroatoms. The molecule has 0 radical (unpaired) electrons. The highest BCUT2D eigenvalue weighted by Crippen LogP contribution is 2.25. The molecule has 0 amide bonds. The lowest BCUT2D eigenvalue weighted by Gasteiger charge is -2.19. The number of hydrogen-bond donors (Lipinski definition) is 1. The summed E-state index contributed by atoms with van der Waals surface area (Å²) < 4.78 is 23.9. The molecule has 1 aromatic heterocycles. The van der Waals surface area contributed by atoms with Crippen molar-refractivity contribution in [2.24, 2.45) is 0 Å². The van der Waals surface area contributed by atoms with Gasteiger partial charge in [-0.25, -0.2) is 4.39 Å². The van der Waals surface area contributed by atoms with Crippen molar-refractivity contribution < 1.29 is 13.5 Å². The number of halogens is 1. The third kappa shape index (κ3) is 3.61. The smallest absolute Gasteiger partial charge is 0.165 e. The summed E-state index contributed by atoms with van der Waals surface area (Å²) in [7, 11) is 1.48. The summed E-state index contributed by atoms with van der Waals surface area (Å²) in [5.74, 6) is 0.829. The Bertz CT molecular complexity index is 525. The van der Waals surface area contributed by atoms with Crippen molar-refractivity contribution in [3.8, 4) is 5.75 Å². The van der Waals surface area contributed by atoms with E-state index in [4.69, 9.17) is 9.15 Å². The van der Waals surface area contributed by atoms with Crippen LogP contribution in [0.3, 0.4) is 0 Å². The predicted molar refractivity (Wildman–Crippen MR) is 76.4 cm³/mol. The van der Waals surface area contributed by atoms with Crippen LogP contribution in [0.4, 0.5) is 4.39 Å². The minimum absolute atomic E-state index is 0.0793. The van der Waals surface area contributed by atoms with E-state index in [0.29, 0.717) is 0 Å². The maximum Gasteiger partial charge on any atom is 0.165 e. The lowest BCUT2D eigenvalue weighted by atomic mass is 10.0. The van der Waals surface area contributed by atoms with Gasteiger partial charge >= 0.3 is 0 Å². The Labute approximate surface area is 118 Å². The van der Waals surface area contributed by atoms with Crippen LogP contribution < -0.4 is 10.1 Å². The first kappa shape index (κ1) is 14.6. The standard InChI is InChI=1S/C16H20FNO2/c1-3-8-18-15(11-13-5-4-9-20-13)12-6-7-14(17)16(10-12)19-2/h4-7,9-10,15,18H,3,8,11H2,1-2H3. The van der Waals surface area contributed by atoms with Crippen LogP contribution in [0.25, 0.3) is 0 Å². The summed E-state index contributed by atoms with van der Waals surface area (Å²) in [6, 6.07) is 8.87. The number of nitrogens with one attached hydrogen (secondary N) is 1. The molecule has 0 fully saturated rings. The SMILES string of the molecule is CCCNC(Cc1ccco1)c1ccc(F)c(OC)c1. The van der Waals surface area contributed by atoms with E-state index in [1.807, 2.05) is 12.1 Å². The fourth-order valence-corrected chi connectivity index (χ4v) is 2.15. The van der Waals surface area contributed by atoms with Crippen molar-refractivity contribution >= 4 is 0 Å². The first-order valence-electron chi connectivity index (χ1n) is 6.83. The molecule has 0 aliphatic heterocycles. The van der Waals surface area contributed by atoms with E-state index in [1.54, 1.807) is 18.4 Å². The van der Waals surface area contributed by atoms with E-state index in [9.17, 15) is 4.39 Å². The minimum Gasteiger partial charge on any atom is -0.494 e. The largest absolute Gasteiger partial charge is 0.494 e. The summed E-state index contributed by atoms with van der Waals surface area (Å²) in [5.41, 5.74) is 0.994. The maximum absolute atomic E-state index is 13.5. The van der Waals surface area contributed by atoms with Gasteiger partial charge in [0.25, 0.3) is 0 Å². The number of benzene rings is 1. The van der Waals surface area contributed by atoms with Gasteiger partial charge in [-0.1, -0.05) is 13.0 Å². The quantitative estimate of drug-likeness (QED) is 0.837. The third-order valence-electron chi connectivity index (χ3n) is 3.20. The highest BCUT2D eigenvalue weighted by molar-refractivity contribution is 5.32. The van der Waals surface area contributed by atoms with Crippen LogP contribution in [0.15, 0.2) is 41.0 Å². The Morgan fingerprint density at radius 1 is 1.35 bits per heavy atom. The first-order chi connectivity index (χ1) is 9.74. The number of furan rings is 1. The monoisotopic (exact) mass is 277 g/mol. The Balaban J connectivity index is 2.20. The molecule has 1 heterocycles. The van der Waals surface area contributed by atoms with E-state index in [2.05, 4.69) is 12.2 Å². The number of rotatable bonds is 7. The second-order valence-corrected chi connectivity index (χ2v) is 4.68. The van der Waals surface area contributed by atoms with Gasteiger partial charge in [0, 0.05) is 12.5 Å². The Kier molecular flexibility index (Phi) is 5.18. The molecule has 1 N–H and O–H groups in total. The Morgan fingerprint density at radius 2 is 2.20 bits per heavy atom. The van der Waals surface area contributed by atoms with Gasteiger partial charge in [0.05, 0.1) is 13.4 Å². The van der Waals surface area contributed by atoms with Crippen molar-refractivity contribution in [2.75, 3.05) is 13.7 Å². The van der Waals surface area contributed by atoms with Gasteiger partial charge in [-0.3, -0.25) is 0 Å². The van der Waals surface area contributed by atoms with Crippen LogP contribution in [0.2, 0.25) is 0 Å². The van der Waals surface area contributed by atoms with Gasteiger partial charge in [-0.2, -0.15) is 0 Å². The van der Waals surface area contributed by atoms with Crippen LogP contribution in [0.5, 0.6) is 5.75 Å². The highest BCUT2D eigenvalue weighted by Gasteiger charge is 2.15. The van der Waals surface area contributed by atoms with Crippen LogP contribution in [0.1, 0.15) is 30.7 Å². The molecule has 0 bridgehead atoms. The molecule has 2 rings (SSSR count). The van der Waals surface area contributed by atoms with Gasteiger partial charge in [0.1, 0.15) is 5.76 Å². The van der Waals surface area contributed by atoms with Crippen LogP contribution >= 0.6 is 0 Å². The number of hydrogen-bond acceptors (Lipinski definition) is 3. The zero-order chi connectivity index (χ0) is 14.4. The van der Waals surface area contributed by atoms with Crippen molar-refractivity contribution in [1.29, 1.82) is 0 Å². The molecular weight excluding hydrogens is 257 g/mol. The van der Waals surface area contributed by atoms with E-state index in [1.165, 1.54) is 13.2 Å². The van der Waals surface area contributed by atoms with Crippen LogP contribution in [0, 0.1) is 5.82 Å². The molecule has 0 saturated carbocycles. The van der Waals surface area contributed by atoms with Gasteiger partial charge in [-0.15, -0.1) is 0 Å². The summed E-state index contributed by atoms with van der Waals surface area (Å²) >= 11 is 0. The zero-order valence-electron chi connectivity index (χ0n) is 11.9. The molecule has 20 heavy (non-hydrogen) atoms. The Hall–Kier alpha value is -1.81. The van der Waals surface area contributed by atoms with Crippen molar-refractivity contribution in [2.45, 2.75) is 25.8 Å². The second-order valence-electron chi connectivity index (χ2n) is 4.68. The molecule has 0 aliphatic carbocycles. The van der Waals surface area contributed by atoms with E-state index in [0.717, 1.165) is 30.7 Å². The van der Waals surface area contributed by atoms with Gasteiger partial charge < -0.3 is 14.5 Å². The molecule has 1 unspecified atom stereocenters. The Morgan fingerprint density at radius 3 is 2.85 bits per heavy atom. The molecular formula is C16H20FNO2. The summed E-state index contributed by atoms with van der Waals surface area (Å²) in [6.07, 6.45) is 3.42. The minimum atomic E-state index is -0.344. The van der Waals surface area contributed by atoms with E-state index in [-0.39, 0.29) is 17.6 Å². The van der Waals surface area contributed by atoms with E-state index >= 15 is 0 Å². The van der Waals surface area contributed by atoms with Crippen molar-refractivity contribution in [1.82, 2.24) is 5.32 Å². The van der Waals surface area contributed by atoms with Crippen molar-refractivity contribution in [3.63, 3.8) is 0 Å². The molecule has 1 aromatic carbocycles. The molecule has 0 aliphatic rings. The fourth-order valence-electron chi connectivity index (χ4n) is 2.15. The maximum atomic E-state index is 13.5. The molecule has 1 atom stereocenters. The summed E-state index contributed by atoms with van der Waals surface area (Å²) in [5, 5.41) is 3.46. The molecule has 108 valence electrons. The summed E-state index contributed by atoms with van der Waals surface area (Å²) in [6.45, 7) is 3.01. The predicted octanol–water partition coefficient (Wildman–Crippen LogP) is 3.71. The van der Waals surface area contributed by atoms with Gasteiger partial charge in [-0.05, 0) is 42.8 Å². The molecule has 0 spiro atoms. The lowest BCUT2D eigenvalue weighted by molar-refractivity contribution is 0.383. The molecule has 3 nitrogen and oxygen atoms in total. The normalized spacial score (nSPS) is 12.3. The van der Waals surface area contributed by atoms with Crippen molar-refractivity contribution in [3.05, 3.63) is 53.7 Å². The average Bonchev–Trinajstić information content (AvgIpc) is 2.97. The van der Waals surface area contributed by atoms with Gasteiger partial charge in [0.15, 0.2) is 11.6 Å². The fraction of sp³-hybridized carbons (Fsp3) is 0.375. The number of methoxy groups -OCH3 is 1. The highest BCUT2D eigenvalue weighted by atomic mass is 19.1. The van der Waals surface area contributed by atoms with Gasteiger partial charge in [0.2, 0.25) is 0 Å². The number of ether oxygens (including phenoxy) is 1. The lowest BCUT2D eigenvalue weighted by Crippen LogP contribution is -2.24. The van der Waals surface area contributed by atoms with Crippen LogP contribution in [-0.4, -0.2) is 13.7 Å². The zero-order valence-corrected chi connectivity index (χ0v) is 11.9. The second kappa shape index (κ2) is 7.10. The molecule has 2 aromatic rings. The average molecular weight is 277 g/mol. The topological polar surface area (TPSA) is 34.4 Å². The first-order valence-corrected chi connectivity index (χ1v) is 6.83. The summed E-state index contributed by atoms with van der Waals surface area (Å²) in [4.78, 5) is 0. The third-order valence-corrected chi connectivity index (χ3v) is 3.20. The molecule has 0 saturated heterocycles. The van der Waals surface area contributed by atoms with Crippen LogP contribution in [-0.2, 0) is 6.42 Å².